The van der Waals surface area contributed by atoms with Crippen molar-refractivity contribution in [2.24, 2.45) is 23.0 Å². The van der Waals surface area contributed by atoms with E-state index in [4.69, 9.17) is 10.8 Å². The Kier molecular flexibility index (Phi) is 8.46. The van der Waals surface area contributed by atoms with Gasteiger partial charge < -0.3 is 16.2 Å². The lowest BCUT2D eigenvalue weighted by Crippen LogP contribution is -2.37. The van der Waals surface area contributed by atoms with Crippen LogP contribution >= 0.6 is 0 Å². The predicted molar refractivity (Wildman–Crippen MR) is 80.3 cm³/mol. The van der Waals surface area contributed by atoms with E-state index in [1.165, 1.54) is 0 Å². The molecule has 118 valence electrons. The third kappa shape index (κ3) is 8.91. The van der Waals surface area contributed by atoms with Gasteiger partial charge in [0.15, 0.2) is 0 Å². The SMILES string of the molecule is CC(C)CC(CN)C(=O)NCCC(C)(C)CCC(=O)O. The molecule has 0 aliphatic carbocycles. The van der Waals surface area contributed by atoms with Crippen LogP contribution in [0.1, 0.15) is 53.4 Å². The van der Waals surface area contributed by atoms with Crippen molar-refractivity contribution in [3.05, 3.63) is 0 Å². The molecule has 0 fully saturated rings. The molecule has 0 rings (SSSR count). The lowest BCUT2D eigenvalue weighted by molar-refractivity contribution is -0.137. The Bertz CT molecular complexity index is 314. The summed E-state index contributed by atoms with van der Waals surface area (Å²) in [5, 5.41) is 11.6. The lowest BCUT2D eigenvalue weighted by atomic mass is 9.84. The fourth-order valence-electron chi connectivity index (χ4n) is 2.12. The van der Waals surface area contributed by atoms with Gasteiger partial charge in [0, 0.05) is 19.5 Å². The van der Waals surface area contributed by atoms with Crippen LogP contribution in [0.4, 0.5) is 0 Å². The maximum atomic E-state index is 12.0. The number of rotatable bonds is 10. The Morgan fingerprint density at radius 1 is 1.25 bits per heavy atom. The van der Waals surface area contributed by atoms with Gasteiger partial charge in [0.1, 0.15) is 0 Å². The van der Waals surface area contributed by atoms with Crippen molar-refractivity contribution in [1.82, 2.24) is 5.32 Å². The summed E-state index contributed by atoms with van der Waals surface area (Å²) in [5.41, 5.74) is 5.55. The molecular weight excluding hydrogens is 256 g/mol. The Hall–Kier alpha value is -1.10. The molecule has 20 heavy (non-hydrogen) atoms. The first-order valence-electron chi connectivity index (χ1n) is 7.37. The zero-order chi connectivity index (χ0) is 15.8. The first kappa shape index (κ1) is 18.9. The second kappa shape index (κ2) is 8.95. The number of aliphatic carboxylic acids is 1. The van der Waals surface area contributed by atoms with E-state index in [0.29, 0.717) is 25.4 Å². The number of carboxylic acids is 1. The van der Waals surface area contributed by atoms with Crippen LogP contribution in [0.2, 0.25) is 0 Å². The van der Waals surface area contributed by atoms with Gasteiger partial charge in [0.25, 0.3) is 0 Å². The van der Waals surface area contributed by atoms with Crippen LogP contribution < -0.4 is 11.1 Å². The van der Waals surface area contributed by atoms with Crippen molar-refractivity contribution < 1.29 is 14.7 Å². The van der Waals surface area contributed by atoms with Gasteiger partial charge in [-0.25, -0.2) is 0 Å². The van der Waals surface area contributed by atoms with Crippen LogP contribution in [0.5, 0.6) is 0 Å². The highest BCUT2D eigenvalue weighted by Gasteiger charge is 2.21. The van der Waals surface area contributed by atoms with Crippen LogP contribution in [-0.2, 0) is 9.59 Å². The highest BCUT2D eigenvalue weighted by molar-refractivity contribution is 5.78. The number of amides is 1. The molecular formula is C15H30N2O3. The van der Waals surface area contributed by atoms with E-state index in [1.807, 2.05) is 13.8 Å². The maximum absolute atomic E-state index is 12.0. The Morgan fingerprint density at radius 3 is 2.30 bits per heavy atom. The standard InChI is InChI=1S/C15H30N2O3/c1-11(2)9-12(10-16)14(20)17-8-7-15(3,4)6-5-13(18)19/h11-12H,5-10,16H2,1-4H3,(H,17,20)(H,18,19). The van der Waals surface area contributed by atoms with Gasteiger partial charge in [-0.2, -0.15) is 0 Å². The number of nitrogens with two attached hydrogens (primary N) is 1. The normalized spacial score (nSPS) is 13.3. The third-order valence-corrected chi connectivity index (χ3v) is 3.53. The fraction of sp³-hybridized carbons (Fsp3) is 0.867. The Balaban J connectivity index is 4.08. The minimum absolute atomic E-state index is 0.00948. The van der Waals surface area contributed by atoms with Gasteiger partial charge >= 0.3 is 5.97 Å². The average Bonchev–Trinajstić information content (AvgIpc) is 2.33. The van der Waals surface area contributed by atoms with Crippen molar-refractivity contribution in [1.29, 1.82) is 0 Å². The molecule has 4 N–H and O–H groups in total. The first-order chi connectivity index (χ1) is 9.18. The van der Waals surface area contributed by atoms with Crippen LogP contribution in [-0.4, -0.2) is 30.1 Å². The summed E-state index contributed by atoms with van der Waals surface area (Å²) in [6.45, 7) is 9.13. The number of hydrogen-bond donors (Lipinski definition) is 3. The molecule has 0 saturated carbocycles. The molecule has 0 aromatic heterocycles. The van der Waals surface area contributed by atoms with Crippen LogP contribution in [0.15, 0.2) is 0 Å². The fourth-order valence-corrected chi connectivity index (χ4v) is 2.12. The van der Waals surface area contributed by atoms with E-state index >= 15 is 0 Å². The zero-order valence-corrected chi connectivity index (χ0v) is 13.2. The summed E-state index contributed by atoms with van der Waals surface area (Å²) < 4.78 is 0. The largest absolute Gasteiger partial charge is 0.481 e. The van der Waals surface area contributed by atoms with Crippen LogP contribution in [0, 0.1) is 17.3 Å². The number of carbonyl (C=O) groups excluding carboxylic acids is 1. The average molecular weight is 286 g/mol. The third-order valence-electron chi connectivity index (χ3n) is 3.53. The predicted octanol–water partition coefficient (Wildman–Crippen LogP) is 2.00. The second-order valence-corrected chi connectivity index (χ2v) is 6.66. The van der Waals surface area contributed by atoms with Gasteiger partial charge in [-0.05, 0) is 30.6 Å². The number of nitrogens with one attached hydrogen (secondary N) is 1. The molecule has 1 amide bonds. The van der Waals surface area contributed by atoms with Crippen molar-refractivity contribution >= 4 is 11.9 Å². The molecule has 0 bridgehead atoms. The van der Waals surface area contributed by atoms with Gasteiger partial charge in [0.05, 0.1) is 5.92 Å². The molecule has 0 aliphatic heterocycles. The van der Waals surface area contributed by atoms with Crippen molar-refractivity contribution in [3.63, 3.8) is 0 Å². The Labute approximate surface area is 122 Å². The molecule has 0 aromatic rings. The molecule has 0 spiro atoms. The van der Waals surface area contributed by atoms with E-state index < -0.39 is 5.97 Å². The molecule has 0 aliphatic rings. The summed E-state index contributed by atoms with van der Waals surface area (Å²) in [6, 6.07) is 0. The minimum atomic E-state index is -0.776. The molecule has 1 atom stereocenters. The minimum Gasteiger partial charge on any atom is -0.481 e. The summed E-state index contributed by atoms with van der Waals surface area (Å²) in [4.78, 5) is 22.6. The molecule has 0 saturated heterocycles. The maximum Gasteiger partial charge on any atom is 0.303 e. The first-order valence-corrected chi connectivity index (χ1v) is 7.37. The van der Waals surface area contributed by atoms with Gasteiger partial charge in [-0.3, -0.25) is 9.59 Å². The molecule has 0 radical (unpaired) electrons. The number of carboxylic acid groups (broad SMARTS) is 1. The topological polar surface area (TPSA) is 92.4 Å². The molecule has 0 aromatic carbocycles. The highest BCUT2D eigenvalue weighted by Crippen LogP contribution is 2.26. The smallest absolute Gasteiger partial charge is 0.303 e. The van der Waals surface area contributed by atoms with Crippen molar-refractivity contribution in [3.8, 4) is 0 Å². The van der Waals surface area contributed by atoms with Crippen LogP contribution in [0.3, 0.4) is 0 Å². The van der Waals surface area contributed by atoms with E-state index in [2.05, 4.69) is 19.2 Å². The summed E-state index contributed by atoms with van der Waals surface area (Å²) in [6.07, 6.45) is 2.35. The number of hydrogen-bond acceptors (Lipinski definition) is 3. The molecule has 5 nitrogen and oxygen atoms in total. The van der Waals surface area contributed by atoms with Crippen molar-refractivity contribution in [2.45, 2.75) is 53.4 Å². The summed E-state index contributed by atoms with van der Waals surface area (Å²) in [7, 11) is 0. The van der Waals surface area contributed by atoms with E-state index in [0.717, 1.165) is 12.8 Å². The summed E-state index contributed by atoms with van der Waals surface area (Å²) >= 11 is 0. The van der Waals surface area contributed by atoms with E-state index in [9.17, 15) is 9.59 Å². The molecule has 0 heterocycles. The van der Waals surface area contributed by atoms with Gasteiger partial charge in [0.2, 0.25) is 5.91 Å². The van der Waals surface area contributed by atoms with Crippen molar-refractivity contribution in [2.75, 3.05) is 13.1 Å². The van der Waals surface area contributed by atoms with Crippen LogP contribution in [0.25, 0.3) is 0 Å². The molecule has 1 unspecified atom stereocenters. The molecule has 5 heteroatoms. The highest BCUT2D eigenvalue weighted by atomic mass is 16.4. The van der Waals surface area contributed by atoms with Gasteiger partial charge in [-0.15, -0.1) is 0 Å². The summed E-state index contributed by atoms with van der Waals surface area (Å²) in [5.74, 6) is -0.448. The van der Waals surface area contributed by atoms with E-state index in [-0.39, 0.29) is 23.7 Å². The van der Waals surface area contributed by atoms with E-state index in [1.54, 1.807) is 0 Å². The Morgan fingerprint density at radius 2 is 1.85 bits per heavy atom. The zero-order valence-electron chi connectivity index (χ0n) is 13.2. The monoisotopic (exact) mass is 286 g/mol. The number of carbonyl (C=O) groups is 2. The second-order valence-electron chi connectivity index (χ2n) is 6.66. The lowest BCUT2D eigenvalue weighted by Gasteiger charge is -2.24. The van der Waals surface area contributed by atoms with Gasteiger partial charge in [-0.1, -0.05) is 27.7 Å². The quantitative estimate of drug-likeness (QED) is 0.572.